The Morgan fingerprint density at radius 1 is 1.22 bits per heavy atom. The van der Waals surface area contributed by atoms with Crippen LogP contribution in [0.15, 0.2) is 23.2 Å². The average Bonchev–Trinajstić information content (AvgIpc) is 2.57. The molecule has 1 unspecified atom stereocenters. The van der Waals surface area contributed by atoms with Crippen molar-refractivity contribution in [1.29, 1.82) is 0 Å². The maximum atomic E-state index is 5.74. The SMILES string of the molecule is Cc1ncnc(N2CCCC(COc3ncc(Br)cn3)C2)c1C. The number of halogens is 1. The molecule has 0 spiro atoms. The first-order chi connectivity index (χ1) is 11.1. The van der Waals surface area contributed by atoms with E-state index in [0.29, 0.717) is 18.5 Å². The van der Waals surface area contributed by atoms with E-state index in [2.05, 4.69) is 47.7 Å². The monoisotopic (exact) mass is 377 g/mol. The van der Waals surface area contributed by atoms with Gasteiger partial charge in [-0.05, 0) is 42.6 Å². The summed E-state index contributed by atoms with van der Waals surface area (Å²) in [7, 11) is 0. The molecule has 1 aliphatic heterocycles. The van der Waals surface area contributed by atoms with E-state index in [1.165, 1.54) is 0 Å². The van der Waals surface area contributed by atoms with Crippen LogP contribution in [0.1, 0.15) is 24.1 Å². The molecule has 1 atom stereocenters. The zero-order valence-electron chi connectivity index (χ0n) is 13.4. The molecule has 0 radical (unpaired) electrons. The van der Waals surface area contributed by atoms with Gasteiger partial charge in [-0.2, -0.15) is 0 Å². The van der Waals surface area contributed by atoms with Crippen LogP contribution in [0.4, 0.5) is 5.82 Å². The molecule has 0 aromatic carbocycles. The third-order valence-electron chi connectivity index (χ3n) is 4.17. The van der Waals surface area contributed by atoms with Gasteiger partial charge >= 0.3 is 6.01 Å². The highest BCUT2D eigenvalue weighted by Gasteiger charge is 2.23. The van der Waals surface area contributed by atoms with Crippen LogP contribution < -0.4 is 9.64 Å². The lowest BCUT2D eigenvalue weighted by Gasteiger charge is -2.34. The summed E-state index contributed by atoms with van der Waals surface area (Å²) in [5.74, 6) is 1.49. The van der Waals surface area contributed by atoms with Gasteiger partial charge in [-0.3, -0.25) is 0 Å². The van der Waals surface area contributed by atoms with Gasteiger partial charge in [-0.15, -0.1) is 0 Å². The number of aromatic nitrogens is 4. The van der Waals surface area contributed by atoms with Crippen LogP contribution in [-0.4, -0.2) is 39.6 Å². The van der Waals surface area contributed by atoms with E-state index in [-0.39, 0.29) is 0 Å². The molecule has 1 fully saturated rings. The highest BCUT2D eigenvalue weighted by molar-refractivity contribution is 9.10. The summed E-state index contributed by atoms with van der Waals surface area (Å²) in [6.45, 7) is 6.70. The van der Waals surface area contributed by atoms with Crippen LogP contribution in [0.5, 0.6) is 6.01 Å². The Balaban J connectivity index is 1.62. The Morgan fingerprint density at radius 3 is 2.78 bits per heavy atom. The predicted octanol–water partition coefficient (Wildman–Crippen LogP) is 2.94. The largest absolute Gasteiger partial charge is 0.463 e. The Hall–Kier alpha value is -1.76. The van der Waals surface area contributed by atoms with Gasteiger partial charge in [0.2, 0.25) is 0 Å². The molecule has 2 aromatic heterocycles. The fourth-order valence-electron chi connectivity index (χ4n) is 2.81. The molecule has 0 bridgehead atoms. The number of anilines is 1. The maximum Gasteiger partial charge on any atom is 0.316 e. The van der Waals surface area contributed by atoms with E-state index >= 15 is 0 Å². The summed E-state index contributed by atoms with van der Waals surface area (Å²) < 4.78 is 6.59. The van der Waals surface area contributed by atoms with E-state index in [9.17, 15) is 0 Å². The molecule has 1 saturated heterocycles. The molecule has 1 aliphatic rings. The minimum Gasteiger partial charge on any atom is -0.463 e. The van der Waals surface area contributed by atoms with Crippen molar-refractivity contribution in [2.75, 3.05) is 24.6 Å². The number of hydrogen-bond acceptors (Lipinski definition) is 6. The van der Waals surface area contributed by atoms with Gasteiger partial charge in [0, 0.05) is 42.7 Å². The Morgan fingerprint density at radius 2 is 2.00 bits per heavy atom. The third kappa shape index (κ3) is 3.96. The first kappa shape index (κ1) is 16.1. The number of hydrogen-bond donors (Lipinski definition) is 0. The molecule has 3 heterocycles. The molecule has 122 valence electrons. The second-order valence-corrected chi connectivity index (χ2v) is 6.77. The van der Waals surface area contributed by atoms with E-state index in [4.69, 9.17) is 4.74 Å². The molecule has 23 heavy (non-hydrogen) atoms. The molecule has 0 amide bonds. The standard InChI is InChI=1S/C16H20BrN5O/c1-11-12(2)20-10-21-15(11)22-5-3-4-13(8-22)9-23-16-18-6-14(17)7-19-16/h6-7,10,13H,3-5,8-9H2,1-2H3. The fraction of sp³-hybridized carbons (Fsp3) is 0.500. The van der Waals surface area contributed by atoms with Crippen molar-refractivity contribution in [3.63, 3.8) is 0 Å². The van der Waals surface area contributed by atoms with Crippen molar-refractivity contribution in [3.8, 4) is 6.01 Å². The van der Waals surface area contributed by atoms with E-state index < -0.39 is 0 Å². The van der Waals surface area contributed by atoms with Crippen LogP contribution >= 0.6 is 15.9 Å². The van der Waals surface area contributed by atoms with Gasteiger partial charge in [0.15, 0.2) is 0 Å². The molecule has 3 rings (SSSR count). The number of piperidine rings is 1. The molecule has 0 aliphatic carbocycles. The van der Waals surface area contributed by atoms with Crippen molar-refractivity contribution < 1.29 is 4.74 Å². The summed E-state index contributed by atoms with van der Waals surface area (Å²) in [6, 6.07) is 0.430. The molecule has 0 saturated carbocycles. The lowest BCUT2D eigenvalue weighted by molar-refractivity contribution is 0.213. The normalized spacial score (nSPS) is 18.0. The summed E-state index contributed by atoms with van der Waals surface area (Å²) in [5.41, 5.74) is 2.20. The summed E-state index contributed by atoms with van der Waals surface area (Å²) in [6.07, 6.45) is 7.33. The first-order valence-electron chi connectivity index (χ1n) is 7.77. The van der Waals surface area contributed by atoms with Gasteiger partial charge in [0.25, 0.3) is 0 Å². The average molecular weight is 378 g/mol. The molecule has 0 N–H and O–H groups in total. The Labute approximate surface area is 144 Å². The zero-order valence-corrected chi connectivity index (χ0v) is 15.0. The summed E-state index contributed by atoms with van der Waals surface area (Å²) >= 11 is 3.32. The highest BCUT2D eigenvalue weighted by Crippen LogP contribution is 2.25. The second-order valence-electron chi connectivity index (χ2n) is 5.86. The molecule has 6 nitrogen and oxygen atoms in total. The summed E-state index contributed by atoms with van der Waals surface area (Å²) in [5, 5.41) is 0. The van der Waals surface area contributed by atoms with Crippen molar-refractivity contribution in [1.82, 2.24) is 19.9 Å². The van der Waals surface area contributed by atoms with Gasteiger partial charge in [0.05, 0.1) is 11.1 Å². The quantitative estimate of drug-likeness (QED) is 0.815. The summed E-state index contributed by atoms with van der Waals surface area (Å²) in [4.78, 5) is 19.4. The number of aryl methyl sites for hydroxylation is 1. The van der Waals surface area contributed by atoms with Crippen molar-refractivity contribution in [2.45, 2.75) is 26.7 Å². The number of rotatable bonds is 4. The fourth-order valence-corrected chi connectivity index (χ4v) is 3.01. The van der Waals surface area contributed by atoms with Gasteiger partial charge in [0.1, 0.15) is 12.1 Å². The highest BCUT2D eigenvalue weighted by atomic mass is 79.9. The zero-order chi connectivity index (χ0) is 16.2. The lowest BCUT2D eigenvalue weighted by atomic mass is 9.98. The molecular formula is C16H20BrN5O. The van der Waals surface area contributed by atoms with Crippen LogP contribution in [-0.2, 0) is 0 Å². The smallest absolute Gasteiger partial charge is 0.316 e. The third-order valence-corrected chi connectivity index (χ3v) is 4.58. The van der Waals surface area contributed by atoms with E-state index in [1.54, 1.807) is 18.7 Å². The van der Waals surface area contributed by atoms with Crippen molar-refractivity contribution in [2.24, 2.45) is 5.92 Å². The molecular weight excluding hydrogens is 358 g/mol. The second kappa shape index (κ2) is 7.21. The van der Waals surface area contributed by atoms with Crippen molar-refractivity contribution >= 4 is 21.7 Å². The van der Waals surface area contributed by atoms with Crippen LogP contribution in [0.3, 0.4) is 0 Å². The van der Waals surface area contributed by atoms with Crippen molar-refractivity contribution in [3.05, 3.63) is 34.5 Å². The topological polar surface area (TPSA) is 64.0 Å². The van der Waals surface area contributed by atoms with Gasteiger partial charge in [-0.1, -0.05) is 0 Å². The predicted molar refractivity (Wildman–Crippen MR) is 91.7 cm³/mol. The van der Waals surface area contributed by atoms with Crippen LogP contribution in [0.25, 0.3) is 0 Å². The minimum absolute atomic E-state index is 0.430. The van der Waals surface area contributed by atoms with E-state index in [0.717, 1.165) is 47.5 Å². The Kier molecular flexibility index (Phi) is 5.05. The maximum absolute atomic E-state index is 5.74. The van der Waals surface area contributed by atoms with Gasteiger partial charge < -0.3 is 9.64 Å². The van der Waals surface area contributed by atoms with Crippen LogP contribution in [0, 0.1) is 19.8 Å². The van der Waals surface area contributed by atoms with Gasteiger partial charge in [-0.25, -0.2) is 19.9 Å². The van der Waals surface area contributed by atoms with Crippen LogP contribution in [0.2, 0.25) is 0 Å². The molecule has 2 aromatic rings. The lowest BCUT2D eigenvalue weighted by Crippen LogP contribution is -2.38. The number of ether oxygens (including phenoxy) is 1. The molecule has 7 heteroatoms. The number of nitrogens with zero attached hydrogens (tertiary/aromatic N) is 5. The Bertz CT molecular complexity index is 664. The minimum atomic E-state index is 0.430. The van der Waals surface area contributed by atoms with E-state index in [1.807, 2.05) is 6.92 Å². The first-order valence-corrected chi connectivity index (χ1v) is 8.56.